The van der Waals surface area contributed by atoms with Crippen LogP contribution in [0.4, 0.5) is 4.39 Å². The third-order valence-electron chi connectivity index (χ3n) is 2.88. The summed E-state index contributed by atoms with van der Waals surface area (Å²) in [5, 5.41) is 9.62. The van der Waals surface area contributed by atoms with Gasteiger partial charge in [-0.3, -0.25) is 9.36 Å². The highest BCUT2D eigenvalue weighted by Gasteiger charge is 2.20. The van der Waals surface area contributed by atoms with E-state index in [2.05, 4.69) is 27.5 Å². The van der Waals surface area contributed by atoms with Crippen LogP contribution in [0.25, 0.3) is 11.8 Å². The smallest absolute Gasteiger partial charge is 0.259 e. The fourth-order valence-corrected chi connectivity index (χ4v) is 2.30. The van der Waals surface area contributed by atoms with Gasteiger partial charge in [-0.1, -0.05) is 18.7 Å². The standard InChI is InChI=1S/C16H14BrFN2O3/c1-3-5-10-7-11(21)8-13(22)20(10)15-12(23-6-4-2)9-19-16(17)14(15)18/h3-5,7-9,21H,2,6H2,1H3. The third kappa shape index (κ3) is 3.50. The summed E-state index contributed by atoms with van der Waals surface area (Å²) in [4.78, 5) is 16.2. The number of pyridine rings is 2. The first kappa shape index (κ1) is 17.0. The Morgan fingerprint density at radius 1 is 1.52 bits per heavy atom. The van der Waals surface area contributed by atoms with Crippen LogP contribution in [0.5, 0.6) is 11.5 Å². The summed E-state index contributed by atoms with van der Waals surface area (Å²) in [5.41, 5.74) is -0.386. The van der Waals surface area contributed by atoms with Crippen LogP contribution in [-0.2, 0) is 0 Å². The van der Waals surface area contributed by atoms with Crippen LogP contribution in [0, 0.1) is 5.82 Å². The van der Waals surface area contributed by atoms with Crippen molar-refractivity contribution >= 4 is 22.0 Å². The second-order valence-electron chi connectivity index (χ2n) is 4.49. The number of allylic oxidation sites excluding steroid dienone is 1. The summed E-state index contributed by atoms with van der Waals surface area (Å²) in [6.45, 7) is 5.40. The van der Waals surface area contributed by atoms with Crippen molar-refractivity contribution in [2.75, 3.05) is 6.61 Å². The van der Waals surface area contributed by atoms with Crippen LogP contribution in [0.1, 0.15) is 12.6 Å². The molecule has 0 aliphatic heterocycles. The lowest BCUT2D eigenvalue weighted by Crippen LogP contribution is -2.21. The summed E-state index contributed by atoms with van der Waals surface area (Å²) < 4.78 is 21.1. The molecular weight excluding hydrogens is 367 g/mol. The van der Waals surface area contributed by atoms with E-state index >= 15 is 0 Å². The van der Waals surface area contributed by atoms with Crippen LogP contribution in [0.15, 0.2) is 46.5 Å². The van der Waals surface area contributed by atoms with Crippen LogP contribution < -0.4 is 10.3 Å². The van der Waals surface area contributed by atoms with E-state index in [9.17, 15) is 14.3 Å². The van der Waals surface area contributed by atoms with Gasteiger partial charge in [0, 0.05) is 12.1 Å². The molecule has 0 aliphatic carbocycles. The lowest BCUT2D eigenvalue weighted by atomic mass is 10.2. The molecular formula is C16H14BrFN2O3. The summed E-state index contributed by atoms with van der Waals surface area (Å²) in [5.74, 6) is -0.865. The average molecular weight is 381 g/mol. The fraction of sp³-hybridized carbons (Fsp3) is 0.125. The van der Waals surface area contributed by atoms with E-state index in [4.69, 9.17) is 4.74 Å². The SMILES string of the molecule is C=CCOc1cnc(Br)c(F)c1-n1c(C=CC)cc(O)cc1=O. The van der Waals surface area contributed by atoms with Crippen LogP contribution >= 0.6 is 15.9 Å². The lowest BCUT2D eigenvalue weighted by molar-refractivity contribution is 0.356. The Balaban J connectivity index is 2.82. The highest BCUT2D eigenvalue weighted by atomic mass is 79.9. The van der Waals surface area contributed by atoms with Crippen molar-refractivity contribution in [3.05, 3.63) is 63.5 Å². The Morgan fingerprint density at radius 2 is 2.26 bits per heavy atom. The minimum atomic E-state index is -0.745. The number of halogens is 2. The van der Waals surface area contributed by atoms with Gasteiger partial charge in [-0.2, -0.15) is 0 Å². The van der Waals surface area contributed by atoms with E-state index in [1.165, 1.54) is 18.3 Å². The molecule has 23 heavy (non-hydrogen) atoms. The zero-order valence-corrected chi connectivity index (χ0v) is 13.9. The summed E-state index contributed by atoms with van der Waals surface area (Å²) in [7, 11) is 0. The molecule has 0 saturated carbocycles. The molecule has 0 atom stereocenters. The first-order valence-corrected chi connectivity index (χ1v) is 7.45. The minimum Gasteiger partial charge on any atom is -0.508 e. The molecule has 2 aromatic heterocycles. The molecule has 0 unspecified atom stereocenters. The van der Waals surface area contributed by atoms with Gasteiger partial charge >= 0.3 is 0 Å². The van der Waals surface area contributed by atoms with Gasteiger partial charge in [0.1, 0.15) is 22.6 Å². The molecule has 0 aromatic carbocycles. The van der Waals surface area contributed by atoms with E-state index < -0.39 is 11.4 Å². The number of rotatable bonds is 5. The highest BCUT2D eigenvalue weighted by molar-refractivity contribution is 9.10. The van der Waals surface area contributed by atoms with Gasteiger partial charge in [0.15, 0.2) is 11.6 Å². The molecule has 2 heterocycles. The van der Waals surface area contributed by atoms with Crippen molar-refractivity contribution < 1.29 is 14.2 Å². The number of nitrogens with zero attached hydrogens (tertiary/aromatic N) is 2. The second-order valence-corrected chi connectivity index (χ2v) is 5.24. The lowest BCUT2D eigenvalue weighted by Gasteiger charge is -2.16. The van der Waals surface area contributed by atoms with Gasteiger partial charge in [-0.15, -0.1) is 0 Å². The largest absolute Gasteiger partial charge is 0.508 e. The maximum atomic E-state index is 14.6. The van der Waals surface area contributed by atoms with Crippen molar-refractivity contribution in [2.24, 2.45) is 0 Å². The van der Waals surface area contributed by atoms with Gasteiger partial charge in [0.2, 0.25) is 0 Å². The second kappa shape index (κ2) is 7.23. The van der Waals surface area contributed by atoms with Crippen molar-refractivity contribution in [1.82, 2.24) is 9.55 Å². The molecule has 5 nitrogen and oxygen atoms in total. The Morgan fingerprint density at radius 3 is 2.91 bits per heavy atom. The Hall–Kier alpha value is -2.41. The van der Waals surface area contributed by atoms with Gasteiger partial charge < -0.3 is 9.84 Å². The third-order valence-corrected chi connectivity index (χ3v) is 3.43. The van der Waals surface area contributed by atoms with Gasteiger partial charge in [0.05, 0.1) is 11.9 Å². The number of ether oxygens (including phenoxy) is 1. The van der Waals surface area contributed by atoms with E-state index in [1.807, 2.05) is 0 Å². The molecule has 1 N–H and O–H groups in total. The quantitative estimate of drug-likeness (QED) is 0.637. The maximum absolute atomic E-state index is 14.6. The average Bonchev–Trinajstić information content (AvgIpc) is 2.50. The Kier molecular flexibility index (Phi) is 5.33. The van der Waals surface area contributed by atoms with E-state index in [0.29, 0.717) is 5.69 Å². The number of hydrogen-bond donors (Lipinski definition) is 1. The zero-order chi connectivity index (χ0) is 17.0. The van der Waals surface area contributed by atoms with Crippen molar-refractivity contribution in [3.8, 4) is 17.2 Å². The Bertz CT molecular complexity index is 831. The normalized spacial score (nSPS) is 10.9. The molecule has 0 fully saturated rings. The first-order valence-electron chi connectivity index (χ1n) is 6.66. The van der Waals surface area contributed by atoms with Crippen molar-refractivity contribution in [2.45, 2.75) is 6.92 Å². The molecule has 0 bridgehead atoms. The van der Waals surface area contributed by atoms with E-state index in [1.54, 1.807) is 19.1 Å². The number of hydrogen-bond acceptors (Lipinski definition) is 4. The Labute approximate surface area is 140 Å². The van der Waals surface area contributed by atoms with Crippen LogP contribution in [0.3, 0.4) is 0 Å². The fourth-order valence-electron chi connectivity index (χ4n) is 2.01. The van der Waals surface area contributed by atoms with Gasteiger partial charge in [-0.05, 0) is 28.9 Å². The maximum Gasteiger partial charge on any atom is 0.259 e. The van der Waals surface area contributed by atoms with Gasteiger partial charge in [0.25, 0.3) is 5.56 Å². The van der Waals surface area contributed by atoms with E-state index in [0.717, 1.165) is 10.6 Å². The molecule has 2 aromatic rings. The predicted molar refractivity (Wildman–Crippen MR) is 89.6 cm³/mol. The molecule has 2 rings (SSSR count). The molecule has 0 aliphatic rings. The first-order chi connectivity index (χ1) is 11.0. The number of aromatic hydroxyl groups is 1. The molecule has 7 heteroatoms. The molecule has 0 amide bonds. The van der Waals surface area contributed by atoms with Crippen LogP contribution in [0.2, 0.25) is 0 Å². The molecule has 0 saturated heterocycles. The highest BCUT2D eigenvalue weighted by Crippen LogP contribution is 2.30. The van der Waals surface area contributed by atoms with Crippen LogP contribution in [-0.4, -0.2) is 21.3 Å². The van der Waals surface area contributed by atoms with Gasteiger partial charge in [-0.25, -0.2) is 9.37 Å². The summed E-state index contributed by atoms with van der Waals surface area (Å²) >= 11 is 3.00. The molecule has 120 valence electrons. The van der Waals surface area contributed by atoms with E-state index in [-0.39, 0.29) is 28.4 Å². The monoisotopic (exact) mass is 380 g/mol. The topological polar surface area (TPSA) is 64.3 Å². The number of aromatic nitrogens is 2. The summed E-state index contributed by atoms with van der Waals surface area (Å²) in [6.07, 6.45) is 6.05. The van der Waals surface area contributed by atoms with Crippen molar-refractivity contribution in [1.29, 1.82) is 0 Å². The zero-order valence-electron chi connectivity index (χ0n) is 12.3. The van der Waals surface area contributed by atoms with Crippen molar-refractivity contribution in [3.63, 3.8) is 0 Å². The molecule has 0 radical (unpaired) electrons. The predicted octanol–water partition coefficient (Wildman–Crippen LogP) is 3.44. The molecule has 0 spiro atoms. The summed E-state index contributed by atoms with van der Waals surface area (Å²) in [6, 6.07) is 2.35. The minimum absolute atomic E-state index is 0.0511.